The van der Waals surface area contributed by atoms with Crippen LogP contribution < -0.4 is 0 Å². The van der Waals surface area contributed by atoms with E-state index in [9.17, 15) is 0 Å². The second-order valence-corrected chi connectivity index (χ2v) is 17.9. The summed E-state index contributed by atoms with van der Waals surface area (Å²) in [6.07, 6.45) is 1.78. The van der Waals surface area contributed by atoms with Crippen LogP contribution in [0.3, 0.4) is 0 Å². The SMILES string of the molecule is CC(C)c1cc(-c2ccccc2)cc(C(C)C)c1-n1c(-c2[c-]cc3c(ccc4ccccc43)c2)nc2ccccc21.[Ir].[c-]1ccc2c(oc3cc4c(cc32)oc2ccccc24)c1-c1ccccn1. The summed E-state index contributed by atoms with van der Waals surface area (Å²) >= 11 is 0. The van der Waals surface area contributed by atoms with E-state index in [0.29, 0.717) is 11.8 Å². The molecule has 0 atom stereocenters. The Labute approximate surface area is 408 Å². The van der Waals surface area contributed by atoms with Crippen LogP contribution in [0, 0.1) is 12.1 Å². The van der Waals surface area contributed by atoms with Crippen molar-refractivity contribution >= 4 is 76.5 Å². The van der Waals surface area contributed by atoms with Crippen LogP contribution in [0.25, 0.3) is 116 Å². The Morgan fingerprint density at radius 2 is 1.19 bits per heavy atom. The molecular formula is C62H45IrN3O2-2. The Hall–Kier alpha value is -7.63. The van der Waals surface area contributed by atoms with E-state index < -0.39 is 0 Å². The molecular weight excluding hydrogens is 1010 g/mol. The molecule has 0 aliphatic heterocycles. The molecule has 0 saturated heterocycles. The predicted octanol–water partition coefficient (Wildman–Crippen LogP) is 17.1. The zero-order valence-electron chi connectivity index (χ0n) is 38.0. The average molecular weight is 1060 g/mol. The number of imidazole rings is 1. The average Bonchev–Trinajstić information content (AvgIpc) is 4.06. The molecule has 0 bridgehead atoms. The summed E-state index contributed by atoms with van der Waals surface area (Å²) in [7, 11) is 0. The van der Waals surface area contributed by atoms with E-state index in [4.69, 9.17) is 13.8 Å². The summed E-state index contributed by atoms with van der Waals surface area (Å²) in [6.45, 7) is 9.18. The minimum absolute atomic E-state index is 0. The van der Waals surface area contributed by atoms with Gasteiger partial charge in [-0.2, -0.15) is 0 Å². The molecule has 68 heavy (non-hydrogen) atoms. The molecule has 331 valence electrons. The third-order valence-corrected chi connectivity index (χ3v) is 13.1. The molecule has 0 saturated carbocycles. The van der Waals surface area contributed by atoms with E-state index in [-0.39, 0.29) is 20.1 Å². The number of nitrogens with zero attached hydrogens (tertiary/aromatic N) is 3. The number of pyridine rings is 1. The molecule has 0 amide bonds. The van der Waals surface area contributed by atoms with Gasteiger partial charge in [-0.05, 0) is 93.7 Å². The predicted molar refractivity (Wildman–Crippen MR) is 277 cm³/mol. The van der Waals surface area contributed by atoms with Gasteiger partial charge < -0.3 is 18.4 Å². The van der Waals surface area contributed by atoms with Crippen LogP contribution in [-0.2, 0) is 20.1 Å². The first-order chi connectivity index (χ1) is 32.9. The van der Waals surface area contributed by atoms with Gasteiger partial charge in [-0.1, -0.05) is 159 Å². The number of benzene rings is 9. The summed E-state index contributed by atoms with van der Waals surface area (Å²) in [5.41, 5.74) is 14.6. The first-order valence-corrected chi connectivity index (χ1v) is 23.0. The van der Waals surface area contributed by atoms with Gasteiger partial charge in [0, 0.05) is 48.1 Å². The smallest absolute Gasteiger partial charge is 0.136 e. The van der Waals surface area contributed by atoms with Crippen LogP contribution in [0.5, 0.6) is 0 Å². The molecule has 0 unspecified atom stereocenters. The Balaban J connectivity index is 0.000000161. The zero-order chi connectivity index (χ0) is 45.2. The molecule has 0 spiro atoms. The van der Waals surface area contributed by atoms with Crippen LogP contribution in [0.1, 0.15) is 50.7 Å². The van der Waals surface area contributed by atoms with E-state index in [0.717, 1.165) is 77.6 Å². The van der Waals surface area contributed by atoms with Gasteiger partial charge in [-0.15, -0.1) is 47.3 Å². The molecule has 0 fully saturated rings. The second kappa shape index (κ2) is 17.5. The van der Waals surface area contributed by atoms with Gasteiger partial charge in [0.15, 0.2) is 0 Å². The fourth-order valence-corrected chi connectivity index (χ4v) is 9.78. The molecule has 5 nitrogen and oxygen atoms in total. The molecule has 0 N–H and O–H groups in total. The molecule has 6 heteroatoms. The molecule has 9 aromatic carbocycles. The van der Waals surface area contributed by atoms with E-state index in [2.05, 4.69) is 183 Å². The third kappa shape index (κ3) is 7.38. The van der Waals surface area contributed by atoms with E-state index in [1.165, 1.54) is 49.5 Å². The fourth-order valence-electron chi connectivity index (χ4n) is 9.78. The first-order valence-electron chi connectivity index (χ1n) is 23.0. The maximum atomic E-state index is 6.25. The summed E-state index contributed by atoms with van der Waals surface area (Å²) in [6, 6.07) is 70.3. The largest absolute Gasteiger partial charge is 0.501 e. The Morgan fingerprint density at radius 3 is 1.97 bits per heavy atom. The van der Waals surface area contributed by atoms with Crippen molar-refractivity contribution in [3.05, 3.63) is 211 Å². The van der Waals surface area contributed by atoms with Crippen molar-refractivity contribution in [1.82, 2.24) is 14.5 Å². The molecule has 13 aromatic rings. The minimum atomic E-state index is 0. The van der Waals surface area contributed by atoms with Gasteiger partial charge in [0.1, 0.15) is 16.7 Å². The number of hydrogen-bond acceptors (Lipinski definition) is 4. The summed E-state index contributed by atoms with van der Waals surface area (Å²) in [5.74, 6) is 1.58. The van der Waals surface area contributed by atoms with Crippen molar-refractivity contribution in [2.24, 2.45) is 0 Å². The number of aromatic nitrogens is 3. The van der Waals surface area contributed by atoms with Gasteiger partial charge in [-0.3, -0.25) is 4.98 Å². The standard InChI is InChI=1S/C39H33N2.C23H12NO2.Ir/c1-25(2)34-23-31(27-12-6-5-7-13-27)24-35(26(3)4)38(34)41-37-17-11-10-16-36(37)40-39(41)30-20-21-33-29(22-30)19-18-28-14-8-9-15-32(28)33;1-2-10-20-14(6-1)17-12-22-18(13-21(17)25-20)15-7-5-8-16(23(15)26-22)19-9-3-4-11-24-19;/h5-19,21-26H,1-4H3;1-7,9-13H;/q2*-1;. The topological polar surface area (TPSA) is 57.0 Å². The zero-order valence-corrected chi connectivity index (χ0v) is 40.4. The quantitative estimate of drug-likeness (QED) is 0.123. The Kier molecular flexibility index (Phi) is 11.1. The molecule has 0 aliphatic rings. The number of fused-ring (bicyclic) bond motifs is 10. The first kappa shape index (κ1) is 43.0. The summed E-state index contributed by atoms with van der Waals surface area (Å²) in [5, 5.41) is 9.16. The van der Waals surface area contributed by atoms with Crippen LogP contribution >= 0.6 is 0 Å². The Bertz CT molecular complexity index is 3970. The fraction of sp³-hybridized carbons (Fsp3) is 0.0968. The van der Waals surface area contributed by atoms with Crippen molar-refractivity contribution in [3.8, 4) is 39.5 Å². The third-order valence-electron chi connectivity index (χ3n) is 13.1. The van der Waals surface area contributed by atoms with Gasteiger partial charge >= 0.3 is 0 Å². The van der Waals surface area contributed by atoms with Crippen LogP contribution in [0.4, 0.5) is 0 Å². The van der Waals surface area contributed by atoms with Crippen molar-refractivity contribution in [1.29, 1.82) is 0 Å². The van der Waals surface area contributed by atoms with Crippen molar-refractivity contribution in [2.75, 3.05) is 0 Å². The number of furan rings is 2. The van der Waals surface area contributed by atoms with Crippen molar-refractivity contribution in [2.45, 2.75) is 39.5 Å². The maximum absolute atomic E-state index is 6.25. The minimum Gasteiger partial charge on any atom is -0.501 e. The second-order valence-electron chi connectivity index (χ2n) is 17.9. The Morgan fingerprint density at radius 1 is 0.515 bits per heavy atom. The van der Waals surface area contributed by atoms with Gasteiger partial charge in [0.2, 0.25) is 0 Å². The van der Waals surface area contributed by atoms with Crippen molar-refractivity contribution < 1.29 is 28.9 Å². The van der Waals surface area contributed by atoms with E-state index in [1.54, 1.807) is 6.20 Å². The molecule has 4 aromatic heterocycles. The number of rotatable bonds is 6. The molecule has 1 radical (unpaired) electrons. The number of para-hydroxylation sites is 3. The normalized spacial score (nSPS) is 11.7. The monoisotopic (exact) mass is 1060 g/mol. The summed E-state index contributed by atoms with van der Waals surface area (Å²) in [4.78, 5) is 9.69. The van der Waals surface area contributed by atoms with Crippen LogP contribution in [0.2, 0.25) is 0 Å². The van der Waals surface area contributed by atoms with Crippen LogP contribution in [0.15, 0.2) is 197 Å². The van der Waals surface area contributed by atoms with Gasteiger partial charge in [0.25, 0.3) is 0 Å². The van der Waals surface area contributed by atoms with Crippen molar-refractivity contribution in [3.63, 3.8) is 0 Å². The molecule has 0 aliphatic carbocycles. The van der Waals surface area contributed by atoms with E-state index >= 15 is 0 Å². The summed E-state index contributed by atoms with van der Waals surface area (Å²) < 4.78 is 14.7. The van der Waals surface area contributed by atoms with Gasteiger partial charge in [-0.25, -0.2) is 0 Å². The number of hydrogen-bond donors (Lipinski definition) is 0. The van der Waals surface area contributed by atoms with Gasteiger partial charge in [0.05, 0.1) is 22.4 Å². The van der Waals surface area contributed by atoms with E-state index in [1.807, 2.05) is 48.5 Å². The molecule has 13 rings (SSSR count). The maximum Gasteiger partial charge on any atom is 0.136 e. The molecule has 4 heterocycles. The van der Waals surface area contributed by atoms with Crippen LogP contribution in [-0.4, -0.2) is 14.5 Å².